The number of carbonyl (C=O) groups is 1. The minimum Gasteiger partial charge on any atom is -0.349 e. The number of rotatable bonds is 2. The number of hydrogen-bond acceptors (Lipinski definition) is 3. The van der Waals surface area contributed by atoms with Crippen LogP contribution in [0, 0.1) is 0 Å². The lowest BCUT2D eigenvalue weighted by Crippen LogP contribution is -2.43. The van der Waals surface area contributed by atoms with Crippen LogP contribution in [-0.2, 0) is 12.8 Å². The summed E-state index contributed by atoms with van der Waals surface area (Å²) in [5, 5.41) is 3.21. The van der Waals surface area contributed by atoms with Gasteiger partial charge in [0.05, 0.1) is 4.88 Å². The number of fused-ring (bicyclic) bond motifs is 1. The van der Waals surface area contributed by atoms with Gasteiger partial charge in [-0.1, -0.05) is 0 Å². The van der Waals surface area contributed by atoms with Crippen molar-refractivity contribution in [1.29, 1.82) is 0 Å². The molecule has 1 saturated heterocycles. The predicted octanol–water partition coefficient (Wildman–Crippen LogP) is 2.45. The maximum Gasteiger partial charge on any atom is 0.261 e. The minimum atomic E-state index is 0.147. The first-order chi connectivity index (χ1) is 9.22. The van der Waals surface area contributed by atoms with Crippen LogP contribution in [0.5, 0.6) is 0 Å². The molecule has 0 aromatic carbocycles. The molecule has 1 aromatic rings. The first-order valence-corrected chi connectivity index (χ1v) is 8.15. The fourth-order valence-electron chi connectivity index (χ4n) is 3.01. The van der Waals surface area contributed by atoms with Crippen LogP contribution >= 0.6 is 11.3 Å². The molecule has 1 amide bonds. The molecule has 0 saturated carbocycles. The predicted molar refractivity (Wildman–Crippen MR) is 78.9 cm³/mol. The summed E-state index contributed by atoms with van der Waals surface area (Å²) in [5.74, 6) is 0.147. The second kappa shape index (κ2) is 5.63. The summed E-state index contributed by atoms with van der Waals surface area (Å²) in [7, 11) is 2.14. The fraction of sp³-hybridized carbons (Fsp3) is 0.667. The molecule has 0 atom stereocenters. The smallest absolute Gasteiger partial charge is 0.261 e. The van der Waals surface area contributed by atoms with Gasteiger partial charge in [0.2, 0.25) is 0 Å². The standard InChI is InChI=1S/C15H22N2OS/c1-17-8-6-12(7-9-17)16-15(18)14-10-11-4-2-3-5-13(11)19-14/h10,12H,2-9H2,1H3,(H,16,18). The number of hydrogen-bond donors (Lipinski definition) is 1. The second-order valence-electron chi connectivity index (χ2n) is 5.82. The summed E-state index contributed by atoms with van der Waals surface area (Å²) in [6.07, 6.45) is 7.04. The molecule has 3 rings (SSSR count). The van der Waals surface area contributed by atoms with Crippen LogP contribution < -0.4 is 5.32 Å². The maximum atomic E-state index is 12.3. The van der Waals surface area contributed by atoms with E-state index in [1.165, 1.54) is 29.7 Å². The third-order valence-electron chi connectivity index (χ3n) is 4.27. The van der Waals surface area contributed by atoms with E-state index < -0.39 is 0 Å². The number of nitrogens with one attached hydrogen (secondary N) is 1. The average molecular weight is 278 g/mol. The van der Waals surface area contributed by atoms with Crippen molar-refractivity contribution in [2.45, 2.75) is 44.6 Å². The number of nitrogens with zero attached hydrogens (tertiary/aromatic N) is 1. The van der Waals surface area contributed by atoms with Gasteiger partial charge in [-0.3, -0.25) is 4.79 Å². The van der Waals surface area contributed by atoms with E-state index in [0.717, 1.165) is 37.2 Å². The third-order valence-corrected chi connectivity index (χ3v) is 5.51. The van der Waals surface area contributed by atoms with Gasteiger partial charge < -0.3 is 10.2 Å². The van der Waals surface area contributed by atoms with Gasteiger partial charge in [0.25, 0.3) is 5.91 Å². The molecule has 1 aliphatic carbocycles. The van der Waals surface area contributed by atoms with Crippen molar-refractivity contribution in [2.24, 2.45) is 0 Å². The molecule has 104 valence electrons. The van der Waals surface area contributed by atoms with Crippen molar-refractivity contribution >= 4 is 17.2 Å². The lowest BCUT2D eigenvalue weighted by Gasteiger charge is -2.29. The van der Waals surface area contributed by atoms with Crippen LogP contribution in [0.15, 0.2) is 6.07 Å². The first-order valence-electron chi connectivity index (χ1n) is 7.33. The van der Waals surface area contributed by atoms with Crippen molar-refractivity contribution in [1.82, 2.24) is 10.2 Å². The minimum absolute atomic E-state index is 0.147. The molecule has 2 heterocycles. The quantitative estimate of drug-likeness (QED) is 0.901. The largest absolute Gasteiger partial charge is 0.349 e. The first kappa shape index (κ1) is 13.1. The summed E-state index contributed by atoms with van der Waals surface area (Å²) < 4.78 is 0. The summed E-state index contributed by atoms with van der Waals surface area (Å²) in [6, 6.07) is 2.49. The topological polar surface area (TPSA) is 32.3 Å². The molecule has 0 bridgehead atoms. The molecule has 4 heteroatoms. The van der Waals surface area contributed by atoms with Crippen LogP contribution in [0.3, 0.4) is 0 Å². The van der Waals surface area contributed by atoms with Gasteiger partial charge in [-0.2, -0.15) is 0 Å². The normalized spacial score (nSPS) is 21.1. The Hall–Kier alpha value is -0.870. The molecule has 1 fully saturated rings. The Labute approximate surface area is 119 Å². The van der Waals surface area contributed by atoms with E-state index in [9.17, 15) is 4.79 Å². The van der Waals surface area contributed by atoms with E-state index in [0.29, 0.717) is 6.04 Å². The Balaban J connectivity index is 1.62. The zero-order valence-electron chi connectivity index (χ0n) is 11.6. The molecule has 19 heavy (non-hydrogen) atoms. The van der Waals surface area contributed by atoms with Gasteiger partial charge in [-0.25, -0.2) is 0 Å². The Morgan fingerprint density at radius 3 is 2.79 bits per heavy atom. The van der Waals surface area contributed by atoms with E-state index >= 15 is 0 Å². The van der Waals surface area contributed by atoms with Crippen LogP contribution in [0.2, 0.25) is 0 Å². The maximum absolute atomic E-state index is 12.3. The van der Waals surface area contributed by atoms with E-state index in [1.54, 1.807) is 11.3 Å². The van der Waals surface area contributed by atoms with E-state index in [4.69, 9.17) is 0 Å². The summed E-state index contributed by atoms with van der Waals surface area (Å²) >= 11 is 1.71. The van der Waals surface area contributed by atoms with Gasteiger partial charge in [-0.15, -0.1) is 11.3 Å². The summed E-state index contributed by atoms with van der Waals surface area (Å²) in [4.78, 5) is 17.0. The molecular weight excluding hydrogens is 256 g/mol. The van der Waals surface area contributed by atoms with E-state index in [1.807, 2.05) is 0 Å². The van der Waals surface area contributed by atoms with Gasteiger partial charge >= 0.3 is 0 Å². The molecule has 1 aliphatic heterocycles. The number of likely N-dealkylation sites (tertiary alicyclic amines) is 1. The number of amides is 1. The number of piperidine rings is 1. The van der Waals surface area contributed by atoms with Gasteiger partial charge in [-0.05, 0) is 70.3 Å². The molecule has 0 radical (unpaired) electrons. The fourth-order valence-corrected chi connectivity index (χ4v) is 4.17. The number of aryl methyl sites for hydroxylation is 2. The Morgan fingerprint density at radius 1 is 1.32 bits per heavy atom. The van der Waals surface area contributed by atoms with Crippen molar-refractivity contribution in [3.8, 4) is 0 Å². The van der Waals surface area contributed by atoms with Crippen LogP contribution in [0.1, 0.15) is 45.8 Å². The van der Waals surface area contributed by atoms with Gasteiger partial charge in [0.15, 0.2) is 0 Å². The zero-order valence-corrected chi connectivity index (χ0v) is 12.4. The molecule has 1 N–H and O–H groups in total. The molecule has 3 nitrogen and oxygen atoms in total. The monoisotopic (exact) mass is 278 g/mol. The molecule has 2 aliphatic rings. The molecule has 1 aromatic heterocycles. The van der Waals surface area contributed by atoms with Crippen LogP contribution in [0.25, 0.3) is 0 Å². The lowest BCUT2D eigenvalue weighted by atomic mass is 9.99. The van der Waals surface area contributed by atoms with Gasteiger partial charge in [0.1, 0.15) is 0 Å². The Kier molecular flexibility index (Phi) is 3.89. The van der Waals surface area contributed by atoms with Crippen LogP contribution in [0.4, 0.5) is 0 Å². The Morgan fingerprint density at radius 2 is 2.05 bits per heavy atom. The highest BCUT2D eigenvalue weighted by Gasteiger charge is 2.21. The third kappa shape index (κ3) is 3.00. The highest BCUT2D eigenvalue weighted by Crippen LogP contribution is 2.29. The number of thiophene rings is 1. The van der Waals surface area contributed by atoms with Crippen LogP contribution in [-0.4, -0.2) is 37.0 Å². The Bertz CT molecular complexity index is 437. The highest BCUT2D eigenvalue weighted by molar-refractivity contribution is 7.14. The molecular formula is C15H22N2OS. The average Bonchev–Trinajstić information content (AvgIpc) is 2.85. The number of carbonyl (C=O) groups excluding carboxylic acids is 1. The second-order valence-corrected chi connectivity index (χ2v) is 6.95. The molecule has 0 unspecified atom stereocenters. The summed E-state index contributed by atoms with van der Waals surface area (Å²) in [5.41, 5.74) is 1.42. The molecule has 0 spiro atoms. The summed E-state index contributed by atoms with van der Waals surface area (Å²) in [6.45, 7) is 2.18. The SMILES string of the molecule is CN1CCC(NC(=O)c2cc3c(s2)CCCC3)CC1. The van der Waals surface area contributed by atoms with Crippen molar-refractivity contribution in [3.63, 3.8) is 0 Å². The zero-order chi connectivity index (χ0) is 13.2. The van der Waals surface area contributed by atoms with Crippen molar-refractivity contribution < 1.29 is 4.79 Å². The van der Waals surface area contributed by atoms with Crippen molar-refractivity contribution in [3.05, 3.63) is 21.4 Å². The van der Waals surface area contributed by atoms with E-state index in [2.05, 4.69) is 23.3 Å². The van der Waals surface area contributed by atoms with Gasteiger partial charge in [0, 0.05) is 10.9 Å². The highest BCUT2D eigenvalue weighted by atomic mass is 32.1. The van der Waals surface area contributed by atoms with Crippen molar-refractivity contribution in [2.75, 3.05) is 20.1 Å². The van der Waals surface area contributed by atoms with E-state index in [-0.39, 0.29) is 5.91 Å². The lowest BCUT2D eigenvalue weighted by molar-refractivity contribution is 0.0921.